The lowest BCUT2D eigenvalue weighted by atomic mass is 10.0. The van der Waals surface area contributed by atoms with Crippen molar-refractivity contribution in [1.82, 2.24) is 10.2 Å². The molecule has 0 radical (unpaired) electrons. The smallest absolute Gasteiger partial charge is 0.0411 e. The van der Waals surface area contributed by atoms with Crippen LogP contribution < -0.4 is 5.32 Å². The van der Waals surface area contributed by atoms with Crippen molar-refractivity contribution in [2.75, 3.05) is 26.2 Å². The van der Waals surface area contributed by atoms with Gasteiger partial charge in [-0.25, -0.2) is 0 Å². The highest BCUT2D eigenvalue weighted by Crippen LogP contribution is 2.21. The Balaban J connectivity index is 2.14. The standard InChI is InChI=1S/C13H19ClN2/c1-10-7-12(14)8-11(2)13(10)9-16-5-3-15-4-6-16/h7-8,15H,3-6,9H2,1-2H3. The maximum absolute atomic E-state index is 6.04. The van der Waals surface area contributed by atoms with Crippen LogP contribution in [-0.4, -0.2) is 31.1 Å². The Hall–Kier alpha value is -0.570. The molecule has 0 aliphatic carbocycles. The molecule has 1 aromatic rings. The third kappa shape index (κ3) is 2.76. The molecule has 1 aliphatic rings. The number of hydrogen-bond acceptors (Lipinski definition) is 2. The van der Waals surface area contributed by atoms with E-state index in [-0.39, 0.29) is 0 Å². The van der Waals surface area contributed by atoms with Crippen molar-refractivity contribution in [2.45, 2.75) is 20.4 Å². The molecule has 88 valence electrons. The van der Waals surface area contributed by atoms with Crippen molar-refractivity contribution in [3.63, 3.8) is 0 Å². The molecule has 0 atom stereocenters. The summed E-state index contributed by atoms with van der Waals surface area (Å²) in [6.45, 7) is 9.84. The largest absolute Gasteiger partial charge is 0.314 e. The Labute approximate surface area is 103 Å². The van der Waals surface area contributed by atoms with Gasteiger partial charge in [0, 0.05) is 37.7 Å². The minimum atomic E-state index is 0.846. The van der Waals surface area contributed by atoms with Crippen LogP contribution in [0.4, 0.5) is 0 Å². The van der Waals surface area contributed by atoms with E-state index in [0.29, 0.717) is 0 Å². The second-order valence-electron chi connectivity index (χ2n) is 4.54. The van der Waals surface area contributed by atoms with Crippen LogP contribution in [0.2, 0.25) is 5.02 Å². The fourth-order valence-electron chi connectivity index (χ4n) is 2.28. The van der Waals surface area contributed by atoms with Gasteiger partial charge in [-0.15, -0.1) is 0 Å². The Kier molecular flexibility index (Phi) is 3.85. The van der Waals surface area contributed by atoms with Crippen LogP contribution in [0, 0.1) is 13.8 Å². The molecule has 1 N–H and O–H groups in total. The molecule has 1 fully saturated rings. The lowest BCUT2D eigenvalue weighted by molar-refractivity contribution is 0.232. The van der Waals surface area contributed by atoms with E-state index in [1.54, 1.807) is 0 Å². The quantitative estimate of drug-likeness (QED) is 0.851. The average molecular weight is 239 g/mol. The van der Waals surface area contributed by atoms with Crippen LogP contribution >= 0.6 is 11.6 Å². The predicted molar refractivity (Wildman–Crippen MR) is 69.1 cm³/mol. The van der Waals surface area contributed by atoms with Gasteiger partial charge in [0.15, 0.2) is 0 Å². The fraction of sp³-hybridized carbons (Fsp3) is 0.538. The van der Waals surface area contributed by atoms with Gasteiger partial charge in [0.1, 0.15) is 0 Å². The molecule has 0 amide bonds. The molecule has 3 heteroatoms. The van der Waals surface area contributed by atoms with E-state index >= 15 is 0 Å². The minimum Gasteiger partial charge on any atom is -0.314 e. The van der Waals surface area contributed by atoms with Crippen LogP contribution in [0.3, 0.4) is 0 Å². The first-order valence-corrected chi connectivity index (χ1v) is 6.23. The number of rotatable bonds is 2. The zero-order chi connectivity index (χ0) is 11.5. The van der Waals surface area contributed by atoms with Crippen molar-refractivity contribution in [3.05, 3.63) is 33.8 Å². The zero-order valence-electron chi connectivity index (χ0n) is 10.0. The van der Waals surface area contributed by atoms with Crippen LogP contribution in [0.1, 0.15) is 16.7 Å². The molecule has 0 unspecified atom stereocenters. The second kappa shape index (κ2) is 5.17. The summed E-state index contributed by atoms with van der Waals surface area (Å²) in [7, 11) is 0. The third-order valence-corrected chi connectivity index (χ3v) is 3.47. The maximum Gasteiger partial charge on any atom is 0.0411 e. The second-order valence-corrected chi connectivity index (χ2v) is 4.98. The first-order valence-electron chi connectivity index (χ1n) is 5.85. The lowest BCUT2D eigenvalue weighted by Gasteiger charge is -2.28. The first kappa shape index (κ1) is 11.9. The molecule has 2 rings (SSSR count). The summed E-state index contributed by atoms with van der Waals surface area (Å²) in [4.78, 5) is 2.50. The van der Waals surface area contributed by atoms with E-state index < -0.39 is 0 Å². The average Bonchev–Trinajstić information content (AvgIpc) is 2.25. The van der Waals surface area contributed by atoms with Gasteiger partial charge in [-0.3, -0.25) is 4.90 Å². The van der Waals surface area contributed by atoms with Gasteiger partial charge < -0.3 is 5.32 Å². The summed E-state index contributed by atoms with van der Waals surface area (Å²) in [6, 6.07) is 4.12. The van der Waals surface area contributed by atoms with Gasteiger partial charge in [-0.05, 0) is 42.7 Å². The van der Waals surface area contributed by atoms with Gasteiger partial charge in [0.05, 0.1) is 0 Å². The Bertz CT molecular complexity index is 347. The van der Waals surface area contributed by atoms with Crippen molar-refractivity contribution in [1.29, 1.82) is 0 Å². The van der Waals surface area contributed by atoms with Crippen LogP contribution in [0.15, 0.2) is 12.1 Å². The molecule has 2 nitrogen and oxygen atoms in total. The summed E-state index contributed by atoms with van der Waals surface area (Å²) >= 11 is 6.04. The number of aryl methyl sites for hydroxylation is 2. The normalized spacial score (nSPS) is 17.7. The van der Waals surface area contributed by atoms with Crippen LogP contribution in [0.25, 0.3) is 0 Å². The topological polar surface area (TPSA) is 15.3 Å². The van der Waals surface area contributed by atoms with E-state index in [0.717, 1.165) is 37.7 Å². The van der Waals surface area contributed by atoms with Crippen molar-refractivity contribution < 1.29 is 0 Å². The molecule has 1 saturated heterocycles. The number of nitrogens with zero attached hydrogens (tertiary/aromatic N) is 1. The Morgan fingerprint density at radius 3 is 2.31 bits per heavy atom. The molecule has 1 aromatic carbocycles. The molecule has 1 heterocycles. The molecule has 0 aromatic heterocycles. The monoisotopic (exact) mass is 238 g/mol. The summed E-state index contributed by atoms with van der Waals surface area (Å²) < 4.78 is 0. The minimum absolute atomic E-state index is 0.846. The third-order valence-electron chi connectivity index (χ3n) is 3.25. The fourth-order valence-corrected chi connectivity index (χ4v) is 2.61. The van der Waals surface area contributed by atoms with E-state index in [1.807, 2.05) is 0 Å². The molecule has 16 heavy (non-hydrogen) atoms. The molecule has 1 aliphatic heterocycles. The molecule has 0 bridgehead atoms. The number of halogens is 1. The summed E-state index contributed by atoms with van der Waals surface area (Å²) in [5.74, 6) is 0. The highest BCUT2D eigenvalue weighted by Gasteiger charge is 2.12. The van der Waals surface area contributed by atoms with E-state index in [4.69, 9.17) is 11.6 Å². The zero-order valence-corrected chi connectivity index (χ0v) is 10.8. The highest BCUT2D eigenvalue weighted by molar-refractivity contribution is 6.30. The van der Waals surface area contributed by atoms with Crippen molar-refractivity contribution in [3.8, 4) is 0 Å². The highest BCUT2D eigenvalue weighted by atomic mass is 35.5. The molecule has 0 spiro atoms. The Morgan fingerprint density at radius 2 is 1.75 bits per heavy atom. The maximum atomic E-state index is 6.04. The van der Waals surface area contributed by atoms with Gasteiger partial charge in [-0.2, -0.15) is 0 Å². The van der Waals surface area contributed by atoms with Crippen LogP contribution in [0.5, 0.6) is 0 Å². The number of benzene rings is 1. The van der Waals surface area contributed by atoms with E-state index in [9.17, 15) is 0 Å². The molecular weight excluding hydrogens is 220 g/mol. The Morgan fingerprint density at radius 1 is 1.19 bits per heavy atom. The lowest BCUT2D eigenvalue weighted by Crippen LogP contribution is -2.43. The van der Waals surface area contributed by atoms with Gasteiger partial charge in [0.25, 0.3) is 0 Å². The van der Waals surface area contributed by atoms with Crippen molar-refractivity contribution in [2.24, 2.45) is 0 Å². The SMILES string of the molecule is Cc1cc(Cl)cc(C)c1CN1CCNCC1. The molecule has 0 saturated carbocycles. The van der Waals surface area contributed by atoms with Crippen molar-refractivity contribution >= 4 is 11.6 Å². The van der Waals surface area contributed by atoms with Crippen LogP contribution in [-0.2, 0) is 6.54 Å². The first-order chi connectivity index (χ1) is 7.66. The summed E-state index contributed by atoms with van der Waals surface area (Å²) in [5.41, 5.74) is 4.05. The number of piperazine rings is 1. The molecular formula is C13H19ClN2. The van der Waals surface area contributed by atoms with Gasteiger partial charge in [0.2, 0.25) is 0 Å². The number of hydrogen-bond donors (Lipinski definition) is 1. The summed E-state index contributed by atoms with van der Waals surface area (Å²) in [5, 5.41) is 4.22. The number of nitrogens with one attached hydrogen (secondary N) is 1. The summed E-state index contributed by atoms with van der Waals surface area (Å²) in [6.07, 6.45) is 0. The van der Waals surface area contributed by atoms with E-state index in [1.165, 1.54) is 16.7 Å². The van der Waals surface area contributed by atoms with Gasteiger partial charge >= 0.3 is 0 Å². The van der Waals surface area contributed by atoms with E-state index in [2.05, 4.69) is 36.2 Å². The predicted octanol–water partition coefficient (Wildman–Crippen LogP) is 2.36. The van der Waals surface area contributed by atoms with Gasteiger partial charge in [-0.1, -0.05) is 11.6 Å².